The molecule has 1 N–H and O–H groups in total. The molecule has 1 amide bonds. The van der Waals surface area contributed by atoms with Gasteiger partial charge in [0.1, 0.15) is 29.7 Å². The smallest absolute Gasteiger partial charge is 0.255 e. The van der Waals surface area contributed by atoms with Gasteiger partial charge in [-0.15, -0.1) is 0 Å². The van der Waals surface area contributed by atoms with E-state index in [4.69, 9.17) is 9.47 Å². The topological polar surface area (TPSA) is 47.6 Å². The summed E-state index contributed by atoms with van der Waals surface area (Å²) >= 11 is 0. The van der Waals surface area contributed by atoms with E-state index in [0.29, 0.717) is 16.9 Å². The fourth-order valence-electron chi connectivity index (χ4n) is 3.19. The first-order chi connectivity index (χ1) is 14.7. The molecule has 0 bridgehead atoms. The second-order valence-corrected chi connectivity index (χ2v) is 8.14. The van der Waals surface area contributed by atoms with Crippen molar-refractivity contribution in [3.8, 4) is 11.5 Å². The van der Waals surface area contributed by atoms with E-state index in [-0.39, 0.29) is 17.7 Å². The van der Waals surface area contributed by atoms with E-state index >= 15 is 0 Å². The number of hydrogen-bond acceptors (Lipinski definition) is 3. The lowest BCUT2D eigenvalue weighted by molar-refractivity contribution is 0.102. The Balaban J connectivity index is 1.82. The molecule has 0 spiro atoms. The Hall–Kier alpha value is -3.41. The lowest BCUT2D eigenvalue weighted by Crippen LogP contribution is -2.15. The number of hydrogen-bond donors (Lipinski definition) is 1. The van der Waals surface area contributed by atoms with E-state index in [0.717, 1.165) is 23.4 Å². The average Bonchev–Trinajstić information content (AvgIpc) is 2.73. The number of rotatable bonds is 6. The maximum Gasteiger partial charge on any atom is 0.255 e. The molecule has 0 heterocycles. The molecule has 0 aromatic heterocycles. The maximum atomic E-state index is 13.9. The number of nitrogens with one attached hydrogen (secondary N) is 1. The first kappa shape index (κ1) is 22.3. The maximum absolute atomic E-state index is 13.9. The van der Waals surface area contributed by atoms with Gasteiger partial charge < -0.3 is 14.8 Å². The molecule has 0 radical (unpaired) electrons. The van der Waals surface area contributed by atoms with Crippen LogP contribution < -0.4 is 14.8 Å². The molecule has 0 unspecified atom stereocenters. The van der Waals surface area contributed by atoms with Crippen LogP contribution in [-0.4, -0.2) is 13.0 Å². The highest BCUT2D eigenvalue weighted by Crippen LogP contribution is 2.32. The summed E-state index contributed by atoms with van der Waals surface area (Å²) < 4.78 is 38.4. The fraction of sp³-hybridized carbons (Fsp3) is 0.240. The van der Waals surface area contributed by atoms with E-state index in [1.165, 1.54) is 13.2 Å². The Morgan fingerprint density at radius 2 is 1.71 bits per heavy atom. The van der Waals surface area contributed by atoms with Gasteiger partial charge in [0.05, 0.1) is 12.8 Å². The van der Waals surface area contributed by atoms with Gasteiger partial charge >= 0.3 is 0 Å². The van der Waals surface area contributed by atoms with Gasteiger partial charge in [-0.3, -0.25) is 4.79 Å². The number of ether oxygens (including phenoxy) is 2. The summed E-state index contributed by atoms with van der Waals surface area (Å²) in [5, 5.41) is 2.46. The van der Waals surface area contributed by atoms with Crippen LogP contribution in [0.4, 0.5) is 14.5 Å². The largest absolute Gasteiger partial charge is 0.496 e. The third-order valence-corrected chi connectivity index (χ3v) is 4.80. The summed E-state index contributed by atoms with van der Waals surface area (Å²) in [6.45, 7) is 6.50. The number of amides is 1. The van der Waals surface area contributed by atoms with Gasteiger partial charge in [-0.2, -0.15) is 0 Å². The molecule has 3 rings (SSSR count). The van der Waals surface area contributed by atoms with Crippen molar-refractivity contribution in [1.82, 2.24) is 0 Å². The molecular formula is C25H25F2NO3. The number of para-hydroxylation sites is 1. The Morgan fingerprint density at radius 3 is 2.39 bits per heavy atom. The minimum Gasteiger partial charge on any atom is -0.496 e. The van der Waals surface area contributed by atoms with Crippen molar-refractivity contribution in [3.05, 3.63) is 89.0 Å². The van der Waals surface area contributed by atoms with Crippen LogP contribution in [0.5, 0.6) is 11.5 Å². The van der Waals surface area contributed by atoms with Gasteiger partial charge in [0.15, 0.2) is 0 Å². The summed E-state index contributed by atoms with van der Waals surface area (Å²) in [4.78, 5) is 12.6. The Morgan fingerprint density at radius 1 is 0.968 bits per heavy atom. The molecule has 0 aliphatic rings. The van der Waals surface area contributed by atoms with E-state index in [1.54, 1.807) is 18.2 Å². The predicted molar refractivity (Wildman–Crippen MR) is 117 cm³/mol. The van der Waals surface area contributed by atoms with Gasteiger partial charge in [0.2, 0.25) is 0 Å². The van der Waals surface area contributed by atoms with Crippen LogP contribution in [0.3, 0.4) is 0 Å². The van der Waals surface area contributed by atoms with E-state index in [9.17, 15) is 13.6 Å². The highest BCUT2D eigenvalue weighted by Gasteiger charge is 2.19. The molecule has 0 atom stereocenters. The van der Waals surface area contributed by atoms with Crippen LogP contribution in [0, 0.1) is 11.6 Å². The summed E-state index contributed by atoms with van der Waals surface area (Å²) in [5.74, 6) is -0.762. The summed E-state index contributed by atoms with van der Waals surface area (Å²) in [6, 6.07) is 15.6. The van der Waals surface area contributed by atoms with Gasteiger partial charge in [0, 0.05) is 17.2 Å². The van der Waals surface area contributed by atoms with Crippen molar-refractivity contribution in [2.75, 3.05) is 12.4 Å². The highest BCUT2D eigenvalue weighted by molar-refractivity contribution is 6.04. The standard InChI is InChI=1S/C25H25F2NO3/c1-25(2,3)19-7-5-6-8-23(19)31-15-17-13-16(9-12-22(17)30-4)24(29)28-21-11-10-18(26)14-20(21)27/h5-14H,15H2,1-4H3,(H,28,29). The summed E-state index contributed by atoms with van der Waals surface area (Å²) in [5.41, 5.74) is 1.83. The number of carbonyl (C=O) groups excluding carboxylic acids is 1. The minimum absolute atomic E-state index is 0.0956. The van der Waals surface area contributed by atoms with E-state index in [2.05, 4.69) is 26.1 Å². The second-order valence-electron chi connectivity index (χ2n) is 8.14. The van der Waals surface area contributed by atoms with Gasteiger partial charge in [-0.25, -0.2) is 8.78 Å². The first-order valence-electron chi connectivity index (χ1n) is 9.84. The van der Waals surface area contributed by atoms with Crippen molar-refractivity contribution in [2.24, 2.45) is 0 Å². The average molecular weight is 425 g/mol. The normalized spacial score (nSPS) is 11.2. The number of methoxy groups -OCH3 is 1. The van der Waals surface area contributed by atoms with Crippen molar-refractivity contribution in [3.63, 3.8) is 0 Å². The van der Waals surface area contributed by atoms with E-state index < -0.39 is 17.5 Å². The van der Waals surface area contributed by atoms with Gasteiger partial charge in [0.25, 0.3) is 5.91 Å². The van der Waals surface area contributed by atoms with E-state index in [1.807, 2.05) is 24.3 Å². The lowest BCUT2D eigenvalue weighted by Gasteiger charge is -2.23. The van der Waals surface area contributed by atoms with Crippen LogP contribution in [0.25, 0.3) is 0 Å². The van der Waals surface area contributed by atoms with Crippen molar-refractivity contribution >= 4 is 11.6 Å². The zero-order chi connectivity index (χ0) is 22.6. The SMILES string of the molecule is COc1ccc(C(=O)Nc2ccc(F)cc2F)cc1COc1ccccc1C(C)(C)C. The second kappa shape index (κ2) is 9.16. The van der Waals surface area contributed by atoms with Crippen LogP contribution in [0.2, 0.25) is 0 Å². The molecule has 0 aliphatic carbocycles. The van der Waals surface area contributed by atoms with Crippen molar-refractivity contribution in [1.29, 1.82) is 0 Å². The molecule has 31 heavy (non-hydrogen) atoms. The Kier molecular flexibility index (Phi) is 6.59. The summed E-state index contributed by atoms with van der Waals surface area (Å²) in [7, 11) is 1.54. The minimum atomic E-state index is -0.843. The molecule has 162 valence electrons. The fourth-order valence-corrected chi connectivity index (χ4v) is 3.19. The van der Waals surface area contributed by atoms with Crippen LogP contribution in [0.15, 0.2) is 60.7 Å². The van der Waals surface area contributed by atoms with Crippen LogP contribution in [0.1, 0.15) is 42.3 Å². The zero-order valence-corrected chi connectivity index (χ0v) is 18.0. The quantitative estimate of drug-likeness (QED) is 0.519. The molecule has 3 aromatic carbocycles. The molecule has 0 fully saturated rings. The number of benzene rings is 3. The number of halogens is 2. The monoisotopic (exact) mass is 425 g/mol. The third kappa shape index (κ3) is 5.40. The molecule has 0 aliphatic heterocycles. The number of anilines is 1. The molecule has 0 saturated heterocycles. The zero-order valence-electron chi connectivity index (χ0n) is 18.0. The van der Waals surface area contributed by atoms with Gasteiger partial charge in [-0.05, 0) is 47.4 Å². The molecule has 3 aromatic rings. The van der Waals surface area contributed by atoms with Crippen LogP contribution >= 0.6 is 0 Å². The first-order valence-corrected chi connectivity index (χ1v) is 9.84. The molecule has 4 nitrogen and oxygen atoms in total. The number of carbonyl (C=O) groups is 1. The lowest BCUT2D eigenvalue weighted by atomic mass is 9.86. The predicted octanol–water partition coefficient (Wildman–Crippen LogP) is 6.10. The highest BCUT2D eigenvalue weighted by atomic mass is 19.1. The van der Waals surface area contributed by atoms with Crippen molar-refractivity contribution in [2.45, 2.75) is 32.8 Å². The Bertz CT molecular complexity index is 1090. The Labute approximate surface area is 180 Å². The van der Waals surface area contributed by atoms with Crippen LogP contribution in [-0.2, 0) is 12.0 Å². The molecular weight excluding hydrogens is 400 g/mol. The van der Waals surface area contributed by atoms with Gasteiger partial charge in [-0.1, -0.05) is 39.0 Å². The molecule has 6 heteroatoms. The molecule has 0 saturated carbocycles. The third-order valence-electron chi connectivity index (χ3n) is 4.80. The van der Waals surface area contributed by atoms with Crippen molar-refractivity contribution < 1.29 is 23.0 Å². The summed E-state index contributed by atoms with van der Waals surface area (Å²) in [6.07, 6.45) is 0.